The zero-order valence-corrected chi connectivity index (χ0v) is 24.5. The first kappa shape index (κ1) is 29.3. The van der Waals surface area contributed by atoms with Crippen molar-refractivity contribution in [2.24, 2.45) is 0 Å². The minimum Gasteiger partial charge on any atom is -0.378 e. The van der Waals surface area contributed by atoms with E-state index in [1.165, 1.54) is 22.9 Å². The van der Waals surface area contributed by atoms with Crippen LogP contribution in [0, 0.1) is 0 Å². The SMILES string of the molecule is CSCC[C@@H]1NSC(c2ccc(CCOC(C)C)cc2)=C(c2ccc(CCOC(C)C)cc2)SC1=O. The Balaban J connectivity index is 1.85. The molecule has 0 aromatic heterocycles. The summed E-state index contributed by atoms with van der Waals surface area (Å²) in [5.74, 6) is 0.954. The smallest absolute Gasteiger partial charge is 0.211 e. The fourth-order valence-electron chi connectivity index (χ4n) is 3.71. The van der Waals surface area contributed by atoms with Gasteiger partial charge in [-0.3, -0.25) is 4.79 Å². The number of thioether (sulfide) groups is 2. The monoisotopic (exact) mass is 545 g/mol. The summed E-state index contributed by atoms with van der Waals surface area (Å²) in [7, 11) is 0. The molecule has 1 aliphatic heterocycles. The van der Waals surface area contributed by atoms with Crippen LogP contribution in [-0.2, 0) is 27.1 Å². The molecule has 7 heteroatoms. The van der Waals surface area contributed by atoms with E-state index >= 15 is 0 Å². The molecule has 1 heterocycles. The van der Waals surface area contributed by atoms with Gasteiger partial charge in [0.15, 0.2) is 0 Å². The van der Waals surface area contributed by atoms with Crippen molar-refractivity contribution < 1.29 is 14.3 Å². The van der Waals surface area contributed by atoms with Crippen molar-refractivity contribution in [3.05, 3.63) is 70.8 Å². The van der Waals surface area contributed by atoms with E-state index < -0.39 is 0 Å². The van der Waals surface area contributed by atoms with Crippen LogP contribution < -0.4 is 4.72 Å². The number of ether oxygens (including phenoxy) is 2. The number of rotatable bonds is 13. The quantitative estimate of drug-likeness (QED) is 0.270. The number of carbonyl (C=O) groups excluding carboxylic acids is 1. The average Bonchev–Trinajstić information content (AvgIpc) is 3.02. The van der Waals surface area contributed by atoms with Crippen LogP contribution in [0.25, 0.3) is 9.81 Å². The highest BCUT2D eigenvalue weighted by Crippen LogP contribution is 2.44. The van der Waals surface area contributed by atoms with Gasteiger partial charge in [-0.15, -0.1) is 0 Å². The third-order valence-electron chi connectivity index (χ3n) is 5.72. The Kier molecular flexibility index (Phi) is 12.4. The van der Waals surface area contributed by atoms with E-state index in [1.807, 2.05) is 0 Å². The van der Waals surface area contributed by atoms with Crippen molar-refractivity contribution in [2.45, 2.75) is 65.2 Å². The minimum atomic E-state index is -0.167. The summed E-state index contributed by atoms with van der Waals surface area (Å²) >= 11 is 4.73. The van der Waals surface area contributed by atoms with Crippen LogP contribution in [-0.4, -0.2) is 48.6 Å². The average molecular weight is 546 g/mol. The number of hydrogen-bond acceptors (Lipinski definition) is 7. The van der Waals surface area contributed by atoms with E-state index in [0.717, 1.165) is 52.6 Å². The normalized spacial score (nSPS) is 16.8. The van der Waals surface area contributed by atoms with Gasteiger partial charge < -0.3 is 9.47 Å². The molecule has 3 rings (SSSR count). The van der Waals surface area contributed by atoms with Crippen LogP contribution in [0.1, 0.15) is 56.4 Å². The second kappa shape index (κ2) is 15.3. The standard InChI is InChI=1S/C29H39NO3S3/c1-20(2)32-17-14-22-6-10-24(11-7-22)27-28(36-30-26(16-19-34-5)29(31)35-27)25-12-8-23(9-13-25)15-18-33-21(3)4/h6-13,20-21,26,30H,14-19H2,1-5H3/t26-/m0/s1. The fraction of sp³-hybridized carbons (Fsp3) is 0.483. The summed E-state index contributed by atoms with van der Waals surface area (Å²) in [5.41, 5.74) is 4.69. The molecular weight excluding hydrogens is 507 g/mol. The molecule has 0 fully saturated rings. The summed E-state index contributed by atoms with van der Waals surface area (Å²) in [4.78, 5) is 15.3. The lowest BCUT2D eigenvalue weighted by Gasteiger charge is -2.14. The molecule has 1 atom stereocenters. The van der Waals surface area contributed by atoms with Crippen molar-refractivity contribution >= 4 is 50.4 Å². The van der Waals surface area contributed by atoms with Crippen LogP contribution in [0.5, 0.6) is 0 Å². The molecular formula is C29H39NO3S3. The van der Waals surface area contributed by atoms with Crippen LogP contribution in [0.4, 0.5) is 0 Å². The summed E-state index contributed by atoms with van der Waals surface area (Å²) in [5, 5.41) is 0.179. The number of nitrogens with one attached hydrogen (secondary N) is 1. The van der Waals surface area contributed by atoms with Gasteiger partial charge in [0.25, 0.3) is 0 Å². The van der Waals surface area contributed by atoms with Crippen molar-refractivity contribution in [3.63, 3.8) is 0 Å². The Hall–Kier alpha value is -1.22. The summed E-state index contributed by atoms with van der Waals surface area (Å²) in [6.07, 6.45) is 5.16. The van der Waals surface area contributed by atoms with Crippen molar-refractivity contribution in [1.29, 1.82) is 0 Å². The first-order valence-corrected chi connectivity index (χ1v) is 15.7. The molecule has 2 aromatic carbocycles. The summed E-state index contributed by atoms with van der Waals surface area (Å²) in [6.45, 7) is 9.67. The molecule has 0 radical (unpaired) electrons. The predicted molar refractivity (Wildman–Crippen MR) is 159 cm³/mol. The second-order valence-electron chi connectivity index (χ2n) is 9.37. The van der Waals surface area contributed by atoms with E-state index in [-0.39, 0.29) is 23.4 Å². The lowest BCUT2D eigenvalue weighted by atomic mass is 10.1. The zero-order valence-electron chi connectivity index (χ0n) is 22.0. The molecule has 0 bridgehead atoms. The molecule has 1 aliphatic rings. The first-order valence-electron chi connectivity index (χ1n) is 12.7. The lowest BCUT2D eigenvalue weighted by molar-refractivity contribution is -0.112. The van der Waals surface area contributed by atoms with Gasteiger partial charge in [-0.2, -0.15) is 11.8 Å². The van der Waals surface area contributed by atoms with E-state index in [2.05, 4.69) is 87.2 Å². The van der Waals surface area contributed by atoms with Gasteiger partial charge >= 0.3 is 0 Å². The summed E-state index contributed by atoms with van der Waals surface area (Å²) in [6, 6.07) is 17.1. The number of carbonyl (C=O) groups is 1. The third kappa shape index (κ3) is 9.26. The van der Waals surface area contributed by atoms with Crippen LogP contribution in [0.2, 0.25) is 0 Å². The first-order chi connectivity index (χ1) is 17.4. The maximum atomic E-state index is 13.2. The highest BCUT2D eigenvalue weighted by atomic mass is 32.2. The predicted octanol–water partition coefficient (Wildman–Crippen LogP) is 7.08. The molecule has 0 unspecified atom stereocenters. The Bertz CT molecular complexity index is 988. The number of hydrogen-bond donors (Lipinski definition) is 1. The highest BCUT2D eigenvalue weighted by molar-refractivity contribution is 8.23. The largest absolute Gasteiger partial charge is 0.378 e. The molecule has 0 aliphatic carbocycles. The van der Waals surface area contributed by atoms with E-state index in [0.29, 0.717) is 6.61 Å². The van der Waals surface area contributed by atoms with Gasteiger partial charge in [-0.05, 0) is 105 Å². The molecule has 2 aromatic rings. The van der Waals surface area contributed by atoms with E-state index in [1.54, 1.807) is 23.7 Å². The van der Waals surface area contributed by atoms with Crippen LogP contribution in [0.3, 0.4) is 0 Å². The minimum absolute atomic E-state index is 0.167. The van der Waals surface area contributed by atoms with Gasteiger partial charge in [0.1, 0.15) is 0 Å². The van der Waals surface area contributed by atoms with Crippen LogP contribution in [0.15, 0.2) is 48.5 Å². The Morgan fingerprint density at radius 2 is 1.33 bits per heavy atom. The topological polar surface area (TPSA) is 47.6 Å². The Morgan fingerprint density at radius 1 is 0.833 bits per heavy atom. The molecule has 0 saturated carbocycles. The lowest BCUT2D eigenvalue weighted by Crippen LogP contribution is -2.30. The van der Waals surface area contributed by atoms with Gasteiger partial charge in [0, 0.05) is 9.81 Å². The van der Waals surface area contributed by atoms with Gasteiger partial charge in [-0.1, -0.05) is 48.5 Å². The third-order valence-corrected chi connectivity index (χ3v) is 8.67. The second-order valence-corrected chi connectivity index (χ2v) is 12.2. The highest BCUT2D eigenvalue weighted by Gasteiger charge is 2.28. The molecule has 1 N–H and O–H groups in total. The van der Waals surface area contributed by atoms with Gasteiger partial charge in [0.2, 0.25) is 5.12 Å². The Labute approximate surface area is 229 Å². The van der Waals surface area contributed by atoms with Crippen molar-refractivity contribution in [2.75, 3.05) is 25.2 Å². The molecule has 36 heavy (non-hydrogen) atoms. The molecule has 196 valence electrons. The Morgan fingerprint density at radius 3 is 1.81 bits per heavy atom. The molecule has 0 amide bonds. The maximum absolute atomic E-state index is 13.2. The van der Waals surface area contributed by atoms with Crippen LogP contribution >= 0.6 is 35.5 Å². The van der Waals surface area contributed by atoms with E-state index in [9.17, 15) is 4.79 Å². The summed E-state index contributed by atoms with van der Waals surface area (Å²) < 4.78 is 14.9. The van der Waals surface area contributed by atoms with Crippen molar-refractivity contribution in [3.8, 4) is 0 Å². The maximum Gasteiger partial charge on any atom is 0.211 e. The molecule has 0 saturated heterocycles. The number of benzene rings is 2. The van der Waals surface area contributed by atoms with Crippen molar-refractivity contribution in [1.82, 2.24) is 4.72 Å². The fourth-order valence-corrected chi connectivity index (χ4v) is 6.44. The molecule has 0 spiro atoms. The van der Waals surface area contributed by atoms with E-state index in [4.69, 9.17) is 9.47 Å². The van der Waals surface area contributed by atoms with Gasteiger partial charge in [-0.25, -0.2) is 4.72 Å². The zero-order chi connectivity index (χ0) is 25.9. The van der Waals surface area contributed by atoms with Gasteiger partial charge in [0.05, 0.1) is 31.5 Å². The molecule has 4 nitrogen and oxygen atoms in total.